The molecule has 2 N–H and O–H groups in total. The van der Waals surface area contributed by atoms with Crippen molar-refractivity contribution >= 4 is 11.6 Å². The molecule has 0 saturated carbocycles. The van der Waals surface area contributed by atoms with Crippen molar-refractivity contribution < 1.29 is 0 Å². The maximum absolute atomic E-state index is 6.24. The lowest BCUT2D eigenvalue weighted by molar-refractivity contribution is 0.707. The Morgan fingerprint density at radius 2 is 1.85 bits per heavy atom. The maximum Gasteiger partial charge on any atom is 0.0918 e. The molecule has 3 aromatic rings. The van der Waals surface area contributed by atoms with E-state index >= 15 is 0 Å². The molecule has 20 heavy (non-hydrogen) atoms. The van der Waals surface area contributed by atoms with Gasteiger partial charge in [0.05, 0.1) is 34.3 Å². The van der Waals surface area contributed by atoms with Crippen LogP contribution >= 0.6 is 11.6 Å². The molecule has 3 rings (SSSR count). The number of nitrogens with zero attached hydrogens (tertiary/aromatic N) is 4. The van der Waals surface area contributed by atoms with E-state index in [-0.39, 0.29) is 0 Å². The first kappa shape index (κ1) is 12.8. The highest BCUT2D eigenvalue weighted by atomic mass is 35.5. The molecule has 0 bridgehead atoms. The van der Waals surface area contributed by atoms with E-state index in [1.165, 1.54) is 0 Å². The van der Waals surface area contributed by atoms with Gasteiger partial charge in [0.2, 0.25) is 0 Å². The fraction of sp³-hybridized carbons (Fsp3) is 0.0714. The summed E-state index contributed by atoms with van der Waals surface area (Å²) in [6, 6.07) is 12.9. The van der Waals surface area contributed by atoms with E-state index < -0.39 is 6.04 Å². The van der Waals surface area contributed by atoms with Gasteiger partial charge in [0.25, 0.3) is 0 Å². The summed E-state index contributed by atoms with van der Waals surface area (Å²) < 4.78 is 1.71. The van der Waals surface area contributed by atoms with Crippen LogP contribution in [0.2, 0.25) is 5.02 Å². The second-order valence-electron chi connectivity index (χ2n) is 4.29. The van der Waals surface area contributed by atoms with Crippen molar-refractivity contribution in [3.8, 4) is 5.69 Å². The fourth-order valence-corrected chi connectivity index (χ4v) is 2.06. The minimum atomic E-state index is -0.414. The molecular formula is C14H12ClN5. The van der Waals surface area contributed by atoms with Crippen LogP contribution in [0.4, 0.5) is 0 Å². The van der Waals surface area contributed by atoms with E-state index in [0.29, 0.717) is 10.7 Å². The first-order chi connectivity index (χ1) is 9.75. The maximum atomic E-state index is 6.24. The molecule has 2 aromatic heterocycles. The zero-order valence-corrected chi connectivity index (χ0v) is 11.3. The highest BCUT2D eigenvalue weighted by Gasteiger charge is 2.17. The Balaban J connectivity index is 1.99. The van der Waals surface area contributed by atoms with Gasteiger partial charge in [0.1, 0.15) is 0 Å². The van der Waals surface area contributed by atoms with Crippen LogP contribution in [-0.2, 0) is 0 Å². The molecule has 1 atom stereocenters. The van der Waals surface area contributed by atoms with Crippen LogP contribution in [0, 0.1) is 0 Å². The molecule has 6 heteroatoms. The first-order valence-electron chi connectivity index (χ1n) is 6.09. The summed E-state index contributed by atoms with van der Waals surface area (Å²) in [6.45, 7) is 0. The summed E-state index contributed by atoms with van der Waals surface area (Å²) in [5, 5.41) is 8.60. The van der Waals surface area contributed by atoms with Gasteiger partial charge in [0.15, 0.2) is 0 Å². The Bertz CT molecular complexity index is 693. The van der Waals surface area contributed by atoms with E-state index in [9.17, 15) is 0 Å². The van der Waals surface area contributed by atoms with Crippen molar-refractivity contribution in [1.82, 2.24) is 20.0 Å². The van der Waals surface area contributed by atoms with Crippen molar-refractivity contribution in [2.75, 3.05) is 0 Å². The monoisotopic (exact) mass is 285 g/mol. The molecule has 100 valence electrons. The summed E-state index contributed by atoms with van der Waals surface area (Å²) in [5.74, 6) is 0. The topological polar surface area (TPSA) is 69.6 Å². The van der Waals surface area contributed by atoms with Crippen molar-refractivity contribution in [3.05, 3.63) is 71.3 Å². The SMILES string of the molecule is NC(c1ccc(Cl)cn1)c1cnnn1-c1ccccc1. The second kappa shape index (κ2) is 5.40. The van der Waals surface area contributed by atoms with Gasteiger partial charge in [-0.3, -0.25) is 4.98 Å². The number of pyridine rings is 1. The summed E-state index contributed by atoms with van der Waals surface area (Å²) in [4.78, 5) is 4.24. The minimum Gasteiger partial charge on any atom is -0.318 e. The van der Waals surface area contributed by atoms with Crippen LogP contribution in [-0.4, -0.2) is 20.0 Å². The van der Waals surface area contributed by atoms with Crippen molar-refractivity contribution in [2.45, 2.75) is 6.04 Å². The lowest BCUT2D eigenvalue weighted by atomic mass is 10.1. The third-order valence-electron chi connectivity index (χ3n) is 2.96. The standard InChI is InChI=1S/C14H12ClN5/c15-10-6-7-12(17-8-10)14(16)13-9-18-19-20(13)11-4-2-1-3-5-11/h1-9,14H,16H2. The fourth-order valence-electron chi connectivity index (χ4n) is 1.95. The van der Waals surface area contributed by atoms with Crippen molar-refractivity contribution in [2.24, 2.45) is 5.73 Å². The zero-order chi connectivity index (χ0) is 13.9. The summed E-state index contributed by atoms with van der Waals surface area (Å²) in [5.41, 5.74) is 8.64. The second-order valence-corrected chi connectivity index (χ2v) is 4.72. The van der Waals surface area contributed by atoms with Gasteiger partial charge in [-0.2, -0.15) is 0 Å². The molecule has 1 unspecified atom stereocenters. The van der Waals surface area contributed by atoms with Crippen LogP contribution < -0.4 is 5.73 Å². The predicted molar refractivity (Wildman–Crippen MR) is 76.6 cm³/mol. The Hall–Kier alpha value is -2.24. The van der Waals surface area contributed by atoms with Gasteiger partial charge in [0, 0.05) is 6.20 Å². The third-order valence-corrected chi connectivity index (χ3v) is 3.19. The van der Waals surface area contributed by atoms with Crippen molar-refractivity contribution in [3.63, 3.8) is 0 Å². The molecule has 0 fully saturated rings. The minimum absolute atomic E-state index is 0.414. The highest BCUT2D eigenvalue weighted by molar-refractivity contribution is 6.30. The van der Waals surface area contributed by atoms with E-state index in [0.717, 1.165) is 11.4 Å². The molecule has 5 nitrogen and oxygen atoms in total. The Morgan fingerprint density at radius 1 is 1.05 bits per heavy atom. The quantitative estimate of drug-likeness (QED) is 0.802. The number of aromatic nitrogens is 4. The summed E-state index contributed by atoms with van der Waals surface area (Å²) in [7, 11) is 0. The number of benzene rings is 1. The molecule has 2 heterocycles. The van der Waals surface area contributed by atoms with Crippen LogP contribution in [0.5, 0.6) is 0 Å². The van der Waals surface area contributed by atoms with Crippen molar-refractivity contribution in [1.29, 1.82) is 0 Å². The number of halogens is 1. The number of rotatable bonds is 3. The van der Waals surface area contributed by atoms with Crippen LogP contribution in [0.15, 0.2) is 54.9 Å². The molecule has 0 aliphatic rings. The Labute approximate surface area is 121 Å². The van der Waals surface area contributed by atoms with E-state index in [1.807, 2.05) is 30.3 Å². The predicted octanol–water partition coefficient (Wildman–Crippen LogP) is 2.36. The Morgan fingerprint density at radius 3 is 2.55 bits per heavy atom. The van der Waals surface area contributed by atoms with Gasteiger partial charge < -0.3 is 5.73 Å². The smallest absolute Gasteiger partial charge is 0.0918 e. The van der Waals surface area contributed by atoms with E-state index in [4.69, 9.17) is 17.3 Å². The molecule has 0 amide bonds. The largest absolute Gasteiger partial charge is 0.318 e. The first-order valence-corrected chi connectivity index (χ1v) is 6.46. The number of nitrogens with two attached hydrogens (primary N) is 1. The average molecular weight is 286 g/mol. The van der Waals surface area contributed by atoms with Crippen LogP contribution in [0.1, 0.15) is 17.4 Å². The average Bonchev–Trinajstić information content (AvgIpc) is 2.97. The number of para-hydroxylation sites is 1. The summed E-state index contributed by atoms with van der Waals surface area (Å²) in [6.07, 6.45) is 3.22. The highest BCUT2D eigenvalue weighted by Crippen LogP contribution is 2.20. The molecule has 0 spiro atoms. The normalized spacial score (nSPS) is 12.3. The molecule has 0 aliphatic heterocycles. The molecule has 1 aromatic carbocycles. The van der Waals surface area contributed by atoms with Crippen LogP contribution in [0.25, 0.3) is 5.69 Å². The van der Waals surface area contributed by atoms with Gasteiger partial charge >= 0.3 is 0 Å². The van der Waals surface area contributed by atoms with E-state index in [1.54, 1.807) is 29.2 Å². The number of hydrogen-bond donors (Lipinski definition) is 1. The lowest BCUT2D eigenvalue weighted by Crippen LogP contribution is -2.17. The van der Waals surface area contributed by atoms with Gasteiger partial charge in [-0.05, 0) is 24.3 Å². The molecule has 0 radical (unpaired) electrons. The van der Waals surface area contributed by atoms with Gasteiger partial charge in [-0.15, -0.1) is 5.10 Å². The number of hydrogen-bond acceptors (Lipinski definition) is 4. The molecular weight excluding hydrogens is 274 g/mol. The van der Waals surface area contributed by atoms with Gasteiger partial charge in [-0.1, -0.05) is 35.0 Å². The molecule has 0 aliphatic carbocycles. The molecule has 0 saturated heterocycles. The van der Waals surface area contributed by atoms with E-state index in [2.05, 4.69) is 15.3 Å². The Kier molecular flexibility index (Phi) is 3.45. The van der Waals surface area contributed by atoms with Gasteiger partial charge in [-0.25, -0.2) is 4.68 Å². The third kappa shape index (κ3) is 2.41. The zero-order valence-electron chi connectivity index (χ0n) is 10.5. The summed E-state index contributed by atoms with van der Waals surface area (Å²) >= 11 is 5.84. The lowest BCUT2D eigenvalue weighted by Gasteiger charge is -2.12. The van der Waals surface area contributed by atoms with Crippen LogP contribution in [0.3, 0.4) is 0 Å².